The summed E-state index contributed by atoms with van der Waals surface area (Å²) in [6.45, 7) is 2.92. The minimum absolute atomic E-state index is 0.187. The lowest BCUT2D eigenvalue weighted by Gasteiger charge is -2.07. The topological polar surface area (TPSA) is 30.7 Å². The van der Waals surface area contributed by atoms with Crippen LogP contribution in [0.3, 0.4) is 0 Å². The van der Waals surface area contributed by atoms with E-state index in [4.69, 9.17) is 10.2 Å². The standard InChI is InChI=1S/C34H45Br2F2N3S2/c1-2-3-4-5-6-7-8-9-10-11-12-13-14-15-16-17-18-19-24-41-39-33-29(25-20-22-27(35)42-25)31(37)32(38)30(34(33)40-41)26-21-23-28(36)43-26/h20-23H,2-19,24H2,1H3. The molecule has 3 heterocycles. The largest absolute Gasteiger partial charge is 0.203 e. The van der Waals surface area contributed by atoms with E-state index in [9.17, 15) is 0 Å². The number of hydrogen-bond acceptors (Lipinski definition) is 4. The summed E-state index contributed by atoms with van der Waals surface area (Å²) in [6, 6.07) is 7.28. The molecule has 0 aliphatic carbocycles. The normalized spacial score (nSPS) is 11.7. The van der Waals surface area contributed by atoms with Gasteiger partial charge in [-0.1, -0.05) is 116 Å². The van der Waals surface area contributed by atoms with E-state index in [0.29, 0.717) is 27.3 Å². The molecule has 3 nitrogen and oxygen atoms in total. The second kappa shape index (κ2) is 18.7. The van der Waals surface area contributed by atoms with Gasteiger partial charge in [0.05, 0.1) is 25.2 Å². The average molecular weight is 758 g/mol. The summed E-state index contributed by atoms with van der Waals surface area (Å²) in [5.74, 6) is -1.75. The van der Waals surface area contributed by atoms with E-state index < -0.39 is 11.6 Å². The van der Waals surface area contributed by atoms with Gasteiger partial charge in [0.2, 0.25) is 0 Å². The predicted octanol–water partition coefficient (Wildman–Crippen LogP) is 13.7. The van der Waals surface area contributed by atoms with Crippen LogP contribution in [-0.4, -0.2) is 15.0 Å². The molecule has 0 aliphatic heterocycles. The molecule has 3 aromatic heterocycles. The Morgan fingerprint density at radius 2 is 0.907 bits per heavy atom. The third-order valence-electron chi connectivity index (χ3n) is 8.11. The predicted molar refractivity (Wildman–Crippen MR) is 188 cm³/mol. The number of hydrogen-bond donors (Lipinski definition) is 0. The first kappa shape index (κ1) is 34.7. The summed E-state index contributed by atoms with van der Waals surface area (Å²) in [5, 5.41) is 9.38. The number of aryl methyl sites for hydroxylation is 1. The molecule has 0 amide bonds. The molecular formula is C34H45Br2F2N3S2. The van der Waals surface area contributed by atoms with Gasteiger partial charge < -0.3 is 0 Å². The minimum atomic E-state index is -0.874. The SMILES string of the molecule is CCCCCCCCCCCCCCCCCCCCn1nc2c(-c3ccc(Br)s3)c(F)c(F)c(-c3ccc(Br)s3)c2n1. The van der Waals surface area contributed by atoms with Gasteiger partial charge in [-0.25, -0.2) is 8.78 Å². The van der Waals surface area contributed by atoms with Gasteiger partial charge >= 0.3 is 0 Å². The zero-order valence-corrected chi connectivity index (χ0v) is 30.2. The smallest absolute Gasteiger partial charge is 0.170 e. The molecule has 0 bridgehead atoms. The van der Waals surface area contributed by atoms with Crippen molar-refractivity contribution in [1.29, 1.82) is 0 Å². The van der Waals surface area contributed by atoms with Crippen molar-refractivity contribution in [1.82, 2.24) is 15.0 Å². The lowest BCUT2D eigenvalue weighted by molar-refractivity contribution is 0.482. The molecule has 9 heteroatoms. The first-order valence-corrected chi connectivity index (χ1v) is 19.5. The van der Waals surface area contributed by atoms with Gasteiger partial charge in [0.25, 0.3) is 0 Å². The first-order chi connectivity index (χ1) is 21.0. The third-order valence-corrected chi connectivity index (χ3v) is 11.4. The highest BCUT2D eigenvalue weighted by molar-refractivity contribution is 9.11. The fourth-order valence-corrected chi connectivity index (χ4v) is 8.57. The Kier molecular flexibility index (Phi) is 15.1. The number of rotatable bonds is 21. The van der Waals surface area contributed by atoms with E-state index in [-0.39, 0.29) is 11.1 Å². The lowest BCUT2D eigenvalue weighted by Crippen LogP contribution is -2.02. The highest BCUT2D eigenvalue weighted by Gasteiger charge is 2.27. The molecule has 0 fully saturated rings. The number of unbranched alkanes of at least 4 members (excludes halogenated alkanes) is 17. The summed E-state index contributed by atoms with van der Waals surface area (Å²) in [5.41, 5.74) is 1.20. The highest BCUT2D eigenvalue weighted by Crippen LogP contribution is 2.43. The van der Waals surface area contributed by atoms with Crippen LogP contribution in [0.2, 0.25) is 0 Å². The molecule has 0 unspecified atom stereocenters. The zero-order valence-electron chi connectivity index (χ0n) is 25.4. The van der Waals surface area contributed by atoms with Gasteiger partial charge in [0, 0.05) is 9.75 Å². The van der Waals surface area contributed by atoms with Crippen molar-refractivity contribution in [2.75, 3.05) is 0 Å². The highest BCUT2D eigenvalue weighted by atomic mass is 79.9. The van der Waals surface area contributed by atoms with Crippen molar-refractivity contribution in [3.63, 3.8) is 0 Å². The molecule has 0 N–H and O–H groups in total. The van der Waals surface area contributed by atoms with Crippen molar-refractivity contribution in [2.24, 2.45) is 0 Å². The Bertz CT molecular complexity index is 1310. The number of fused-ring (bicyclic) bond motifs is 1. The molecule has 43 heavy (non-hydrogen) atoms. The fraction of sp³-hybridized carbons (Fsp3) is 0.588. The van der Waals surface area contributed by atoms with Crippen molar-refractivity contribution >= 4 is 65.6 Å². The van der Waals surface area contributed by atoms with Gasteiger partial charge in [-0.15, -0.1) is 22.7 Å². The van der Waals surface area contributed by atoms with Crippen molar-refractivity contribution in [3.8, 4) is 20.9 Å². The minimum Gasteiger partial charge on any atom is -0.203 e. The fourth-order valence-electron chi connectivity index (χ4n) is 5.71. The Labute approximate surface area is 281 Å². The molecule has 1 aromatic carbocycles. The summed E-state index contributed by atoms with van der Waals surface area (Å²) in [7, 11) is 0. The Morgan fingerprint density at radius 1 is 0.558 bits per heavy atom. The number of halogens is 4. The average Bonchev–Trinajstić information content (AvgIpc) is 3.73. The first-order valence-electron chi connectivity index (χ1n) is 16.3. The molecule has 4 aromatic rings. The quantitative estimate of drug-likeness (QED) is 0.0793. The molecule has 0 saturated carbocycles. The van der Waals surface area contributed by atoms with Crippen molar-refractivity contribution in [2.45, 2.75) is 129 Å². The second-order valence-electron chi connectivity index (χ2n) is 11.6. The van der Waals surface area contributed by atoms with Gasteiger partial charge in [0.1, 0.15) is 11.0 Å². The van der Waals surface area contributed by atoms with Gasteiger partial charge in [-0.2, -0.15) is 15.0 Å². The van der Waals surface area contributed by atoms with E-state index in [0.717, 1.165) is 20.4 Å². The maximum atomic E-state index is 15.6. The number of aromatic nitrogens is 3. The van der Waals surface area contributed by atoms with Crippen LogP contribution < -0.4 is 0 Å². The van der Waals surface area contributed by atoms with Crippen LogP contribution in [0.15, 0.2) is 31.8 Å². The van der Waals surface area contributed by atoms with Crippen LogP contribution in [0, 0.1) is 11.6 Å². The Hall–Kier alpha value is -1.16. The Balaban J connectivity index is 1.19. The monoisotopic (exact) mass is 755 g/mol. The van der Waals surface area contributed by atoms with Crippen molar-refractivity contribution in [3.05, 3.63) is 43.5 Å². The molecule has 0 aliphatic rings. The lowest BCUT2D eigenvalue weighted by atomic mass is 10.0. The number of nitrogens with zero attached hydrogens (tertiary/aromatic N) is 3. The van der Waals surface area contributed by atoms with Crippen molar-refractivity contribution < 1.29 is 8.78 Å². The zero-order chi connectivity index (χ0) is 30.4. The maximum Gasteiger partial charge on any atom is 0.170 e. The summed E-state index contributed by atoms with van der Waals surface area (Å²) in [6.07, 6.45) is 24.0. The summed E-state index contributed by atoms with van der Waals surface area (Å²) < 4.78 is 32.8. The number of thiophene rings is 2. The molecule has 0 spiro atoms. The van der Waals surface area contributed by atoms with E-state index in [1.54, 1.807) is 16.9 Å². The van der Waals surface area contributed by atoms with E-state index >= 15 is 8.78 Å². The van der Waals surface area contributed by atoms with Crippen LogP contribution in [0.5, 0.6) is 0 Å². The van der Waals surface area contributed by atoms with Gasteiger partial charge in [-0.05, 0) is 62.5 Å². The summed E-state index contributed by atoms with van der Waals surface area (Å²) in [4.78, 5) is 2.90. The van der Waals surface area contributed by atoms with Gasteiger partial charge in [0.15, 0.2) is 11.6 Å². The Morgan fingerprint density at radius 3 is 1.23 bits per heavy atom. The molecule has 4 rings (SSSR count). The van der Waals surface area contributed by atoms with Crippen LogP contribution in [0.25, 0.3) is 31.9 Å². The van der Waals surface area contributed by atoms with Gasteiger partial charge in [-0.3, -0.25) is 0 Å². The second-order valence-corrected chi connectivity index (χ2v) is 16.5. The van der Waals surface area contributed by atoms with Crippen LogP contribution in [0.1, 0.15) is 122 Å². The van der Waals surface area contributed by atoms with Crippen LogP contribution in [-0.2, 0) is 6.54 Å². The van der Waals surface area contributed by atoms with E-state index in [1.165, 1.54) is 125 Å². The van der Waals surface area contributed by atoms with Crippen LogP contribution in [0.4, 0.5) is 8.78 Å². The van der Waals surface area contributed by atoms with Crippen LogP contribution >= 0.6 is 54.5 Å². The molecule has 0 radical (unpaired) electrons. The third kappa shape index (κ3) is 10.4. The molecule has 236 valence electrons. The maximum absolute atomic E-state index is 15.6. The van der Waals surface area contributed by atoms with E-state index in [1.807, 2.05) is 12.1 Å². The number of benzene rings is 1. The molecule has 0 saturated heterocycles. The summed E-state index contributed by atoms with van der Waals surface area (Å²) >= 11 is 9.62. The molecule has 0 atom stereocenters. The van der Waals surface area contributed by atoms with E-state index in [2.05, 4.69) is 38.8 Å². The molecular weight excluding hydrogens is 712 g/mol.